The van der Waals surface area contributed by atoms with Crippen molar-refractivity contribution in [3.8, 4) is 0 Å². The topological polar surface area (TPSA) is 93.6 Å². The second-order valence-corrected chi connectivity index (χ2v) is 12.4. The van der Waals surface area contributed by atoms with Gasteiger partial charge in [-0.1, -0.05) is 40.0 Å². The van der Waals surface area contributed by atoms with Gasteiger partial charge in [-0.25, -0.2) is 4.98 Å². The second kappa shape index (κ2) is 12.8. The molecule has 10 nitrogen and oxygen atoms in total. The van der Waals surface area contributed by atoms with Gasteiger partial charge in [-0.05, 0) is 32.6 Å². The van der Waals surface area contributed by atoms with Crippen LogP contribution in [0.1, 0.15) is 72.4 Å². The number of aromatic nitrogens is 4. The zero-order chi connectivity index (χ0) is 28.2. The van der Waals surface area contributed by atoms with E-state index in [9.17, 15) is 9.59 Å². The van der Waals surface area contributed by atoms with Gasteiger partial charge in [0.2, 0.25) is 11.9 Å². The van der Waals surface area contributed by atoms with E-state index >= 15 is 0 Å². The highest BCUT2D eigenvalue weighted by molar-refractivity contribution is 5.79. The lowest BCUT2D eigenvalue weighted by molar-refractivity contribution is -0.132. The van der Waals surface area contributed by atoms with Crippen LogP contribution in [0.2, 0.25) is 0 Å². The first-order chi connectivity index (χ1) is 18.6. The molecule has 1 amide bonds. The number of aryl methyl sites for hydroxylation is 1. The highest BCUT2D eigenvalue weighted by Crippen LogP contribution is 2.29. The number of anilines is 1. The predicted molar refractivity (Wildman–Crippen MR) is 157 cm³/mol. The molecule has 2 aromatic heterocycles. The van der Waals surface area contributed by atoms with Crippen molar-refractivity contribution in [2.45, 2.75) is 72.1 Å². The molecule has 4 rings (SSSR count). The molecular formula is C29H50N8O2. The van der Waals surface area contributed by atoms with Crippen molar-refractivity contribution in [3.05, 3.63) is 16.0 Å². The SMILES string of the molecule is CCN(CC)C(=O)CN1CCN(CCN(CC2CCCCC2)c2nc3c(C(C)(C)C)nn(C)c3c(=O)[nH]2)CC1. The maximum Gasteiger partial charge on any atom is 0.278 e. The van der Waals surface area contributed by atoms with Crippen molar-refractivity contribution in [3.63, 3.8) is 0 Å². The minimum Gasteiger partial charge on any atom is -0.342 e. The first-order valence-electron chi connectivity index (χ1n) is 15.1. The molecule has 10 heteroatoms. The fraction of sp³-hybridized carbons (Fsp3) is 0.793. The number of likely N-dealkylation sites (N-methyl/N-ethyl adjacent to an activating group) is 1. The van der Waals surface area contributed by atoms with Crippen molar-refractivity contribution in [2.24, 2.45) is 13.0 Å². The Morgan fingerprint density at radius 1 is 1.03 bits per heavy atom. The molecule has 1 aliphatic heterocycles. The lowest BCUT2D eigenvalue weighted by Gasteiger charge is -2.37. The fourth-order valence-electron chi connectivity index (χ4n) is 6.09. The molecule has 0 radical (unpaired) electrons. The van der Waals surface area contributed by atoms with E-state index in [1.165, 1.54) is 32.1 Å². The summed E-state index contributed by atoms with van der Waals surface area (Å²) in [7, 11) is 1.82. The molecule has 2 aromatic rings. The number of carbonyl (C=O) groups excluding carboxylic acids is 1. The molecule has 1 saturated carbocycles. The van der Waals surface area contributed by atoms with Crippen molar-refractivity contribution >= 4 is 22.9 Å². The van der Waals surface area contributed by atoms with Crippen LogP contribution < -0.4 is 10.5 Å². The highest BCUT2D eigenvalue weighted by atomic mass is 16.2. The van der Waals surface area contributed by atoms with Gasteiger partial charge >= 0.3 is 0 Å². The molecule has 2 fully saturated rings. The van der Waals surface area contributed by atoms with E-state index in [1.54, 1.807) is 4.68 Å². The molecule has 39 heavy (non-hydrogen) atoms. The van der Waals surface area contributed by atoms with E-state index in [4.69, 9.17) is 4.98 Å². The lowest BCUT2D eigenvalue weighted by atomic mass is 9.89. The van der Waals surface area contributed by atoms with Gasteiger partial charge in [-0.2, -0.15) is 5.10 Å². The number of fused-ring (bicyclic) bond motifs is 1. The fourth-order valence-corrected chi connectivity index (χ4v) is 6.09. The highest BCUT2D eigenvalue weighted by Gasteiger charge is 2.27. The second-order valence-electron chi connectivity index (χ2n) is 12.4. The number of rotatable bonds is 10. The van der Waals surface area contributed by atoms with Crippen LogP contribution in [0.5, 0.6) is 0 Å². The van der Waals surface area contributed by atoms with Gasteiger partial charge in [-0.3, -0.25) is 29.1 Å². The Morgan fingerprint density at radius 3 is 2.28 bits per heavy atom. The van der Waals surface area contributed by atoms with Crippen LogP contribution in [0.15, 0.2) is 4.79 Å². The number of carbonyl (C=O) groups is 1. The molecule has 0 aromatic carbocycles. The normalized spacial score (nSPS) is 18.1. The summed E-state index contributed by atoms with van der Waals surface area (Å²) >= 11 is 0. The number of H-pyrrole nitrogens is 1. The van der Waals surface area contributed by atoms with Gasteiger partial charge in [0.15, 0.2) is 5.52 Å². The number of nitrogens with one attached hydrogen (secondary N) is 1. The summed E-state index contributed by atoms with van der Waals surface area (Å²) in [4.78, 5) is 42.9. The van der Waals surface area contributed by atoms with Gasteiger partial charge in [0.25, 0.3) is 5.56 Å². The molecule has 0 atom stereocenters. The Bertz CT molecular complexity index is 1150. The van der Waals surface area contributed by atoms with Crippen LogP contribution in [0.25, 0.3) is 11.0 Å². The maximum atomic E-state index is 13.2. The Morgan fingerprint density at radius 2 is 1.67 bits per heavy atom. The average Bonchev–Trinajstić information content (AvgIpc) is 3.26. The van der Waals surface area contributed by atoms with E-state index in [-0.39, 0.29) is 16.9 Å². The van der Waals surface area contributed by atoms with Crippen LogP contribution in [-0.2, 0) is 17.3 Å². The number of piperazine rings is 1. The number of nitrogens with zero attached hydrogens (tertiary/aromatic N) is 7. The summed E-state index contributed by atoms with van der Waals surface area (Å²) in [5.41, 5.74) is 1.78. The molecule has 2 aliphatic rings. The molecule has 0 bridgehead atoms. The van der Waals surface area contributed by atoms with Gasteiger partial charge in [0, 0.05) is 71.4 Å². The summed E-state index contributed by atoms with van der Waals surface area (Å²) in [5.74, 6) is 1.52. The largest absolute Gasteiger partial charge is 0.342 e. The summed E-state index contributed by atoms with van der Waals surface area (Å²) < 4.78 is 1.67. The van der Waals surface area contributed by atoms with Gasteiger partial charge < -0.3 is 9.80 Å². The summed E-state index contributed by atoms with van der Waals surface area (Å²) in [5, 5.41) is 4.68. The van der Waals surface area contributed by atoms with E-state index < -0.39 is 0 Å². The summed E-state index contributed by atoms with van der Waals surface area (Å²) in [6, 6.07) is 0. The Balaban J connectivity index is 1.47. The molecule has 1 saturated heterocycles. The number of aromatic amines is 1. The Kier molecular flexibility index (Phi) is 9.69. The number of hydrogen-bond acceptors (Lipinski definition) is 7. The zero-order valence-corrected chi connectivity index (χ0v) is 25.1. The third-order valence-electron chi connectivity index (χ3n) is 8.52. The molecular weight excluding hydrogens is 492 g/mol. The van der Waals surface area contributed by atoms with E-state index in [1.807, 2.05) is 25.8 Å². The number of amides is 1. The summed E-state index contributed by atoms with van der Waals surface area (Å²) in [6.45, 7) is 18.8. The molecule has 1 aliphatic carbocycles. The van der Waals surface area contributed by atoms with Crippen LogP contribution in [-0.4, -0.2) is 106 Å². The van der Waals surface area contributed by atoms with Crippen LogP contribution in [0.3, 0.4) is 0 Å². The third-order valence-corrected chi connectivity index (χ3v) is 8.52. The minimum absolute atomic E-state index is 0.124. The quantitative estimate of drug-likeness (QED) is 0.493. The van der Waals surface area contributed by atoms with Crippen LogP contribution >= 0.6 is 0 Å². The van der Waals surface area contributed by atoms with Crippen molar-refractivity contribution in [1.29, 1.82) is 0 Å². The molecule has 0 spiro atoms. The van der Waals surface area contributed by atoms with Crippen molar-refractivity contribution < 1.29 is 4.79 Å². The van der Waals surface area contributed by atoms with E-state index in [2.05, 4.69) is 45.6 Å². The smallest absolute Gasteiger partial charge is 0.278 e. The maximum absolute atomic E-state index is 13.2. The van der Waals surface area contributed by atoms with E-state index in [0.29, 0.717) is 29.4 Å². The molecule has 218 valence electrons. The van der Waals surface area contributed by atoms with E-state index in [0.717, 1.165) is 64.6 Å². The van der Waals surface area contributed by atoms with Gasteiger partial charge in [0.1, 0.15) is 5.52 Å². The first kappa shape index (κ1) is 29.5. The van der Waals surface area contributed by atoms with Crippen molar-refractivity contribution in [2.75, 3.05) is 70.3 Å². The zero-order valence-electron chi connectivity index (χ0n) is 25.1. The number of hydrogen-bond donors (Lipinski definition) is 1. The monoisotopic (exact) mass is 542 g/mol. The third kappa shape index (κ3) is 7.20. The minimum atomic E-state index is -0.210. The molecule has 1 N–H and O–H groups in total. The average molecular weight is 543 g/mol. The van der Waals surface area contributed by atoms with Crippen molar-refractivity contribution in [1.82, 2.24) is 34.4 Å². The van der Waals surface area contributed by atoms with Crippen LogP contribution in [0, 0.1) is 5.92 Å². The Labute approximate surface area is 233 Å². The van der Waals surface area contributed by atoms with Gasteiger partial charge in [-0.15, -0.1) is 0 Å². The predicted octanol–water partition coefficient (Wildman–Crippen LogP) is 2.83. The van der Waals surface area contributed by atoms with Gasteiger partial charge in [0.05, 0.1) is 12.2 Å². The lowest BCUT2D eigenvalue weighted by Crippen LogP contribution is -2.51. The first-order valence-corrected chi connectivity index (χ1v) is 15.1. The van der Waals surface area contributed by atoms with Crippen LogP contribution in [0.4, 0.5) is 5.95 Å². The molecule has 0 unspecified atom stereocenters. The molecule has 3 heterocycles. The summed E-state index contributed by atoms with van der Waals surface area (Å²) in [6.07, 6.45) is 6.37. The Hall–Kier alpha value is -2.46. The standard InChI is InChI=1S/C29H50N8O2/c1-7-36(8-2)23(38)21-35-16-14-34(15-17-35)18-19-37(20-22-12-10-9-11-13-22)28-30-24-25(27(39)31-28)33(6)32-26(24)29(3,4)5/h22H,7-21H2,1-6H3,(H,30,31,39).